The summed E-state index contributed by atoms with van der Waals surface area (Å²) in [6.45, 7) is 7.40. The van der Waals surface area contributed by atoms with E-state index in [1.807, 2.05) is 32.0 Å². The number of nitrogens with zero attached hydrogens (tertiary/aromatic N) is 5. The lowest BCUT2D eigenvalue weighted by Crippen LogP contribution is -2.45. The number of piperazine rings is 1. The van der Waals surface area contributed by atoms with Crippen LogP contribution < -0.4 is 15.4 Å². The Hall–Kier alpha value is -2.12. The quantitative estimate of drug-likeness (QED) is 0.892. The van der Waals surface area contributed by atoms with Gasteiger partial charge in [-0.05, 0) is 33.0 Å². The summed E-state index contributed by atoms with van der Waals surface area (Å²) in [5.74, 6) is 1.84. The molecule has 1 aromatic carbocycles. The number of aromatic nitrogens is 3. The summed E-state index contributed by atoms with van der Waals surface area (Å²) in [7, 11) is 2.10. The molecule has 0 spiro atoms. The van der Waals surface area contributed by atoms with E-state index in [1.54, 1.807) is 6.07 Å². The summed E-state index contributed by atoms with van der Waals surface area (Å²) in [5.41, 5.74) is 5.13. The average molecular weight is 363 g/mol. The van der Waals surface area contributed by atoms with Gasteiger partial charge in [-0.2, -0.15) is 15.0 Å². The lowest BCUT2D eigenvalue weighted by atomic mass is 10.1. The number of hydrogen-bond acceptors (Lipinski definition) is 7. The lowest BCUT2D eigenvalue weighted by molar-refractivity contribution is 0.0985. The molecule has 134 valence electrons. The summed E-state index contributed by atoms with van der Waals surface area (Å²) in [4.78, 5) is 17.6. The molecule has 1 aromatic heterocycles. The van der Waals surface area contributed by atoms with Crippen molar-refractivity contribution in [2.45, 2.75) is 19.4 Å². The summed E-state index contributed by atoms with van der Waals surface area (Å²) in [6.07, 6.45) is 0. The first-order valence-corrected chi connectivity index (χ1v) is 8.62. The standard InChI is InChI=1S/C17H23ClN6O/c1-17(2,25-13-7-5-4-6-12(13)18)14-20-15(19)22-16(21-14)24-10-8-23(3)9-11-24/h4-7H,8-11H2,1-3H3,(H2,19,20,21,22). The second kappa shape index (κ2) is 7.01. The molecule has 3 rings (SSSR count). The maximum atomic E-state index is 6.20. The van der Waals surface area contributed by atoms with Crippen LogP contribution in [-0.2, 0) is 5.60 Å². The highest BCUT2D eigenvalue weighted by Gasteiger charge is 2.29. The molecule has 2 heterocycles. The largest absolute Gasteiger partial charge is 0.478 e. The Morgan fingerprint density at radius 2 is 1.76 bits per heavy atom. The minimum atomic E-state index is -0.802. The molecule has 2 aromatic rings. The van der Waals surface area contributed by atoms with Gasteiger partial charge in [0.15, 0.2) is 11.4 Å². The van der Waals surface area contributed by atoms with Crippen LogP contribution in [0.25, 0.3) is 0 Å². The van der Waals surface area contributed by atoms with Crippen LogP contribution >= 0.6 is 11.6 Å². The maximum Gasteiger partial charge on any atom is 0.230 e. The molecule has 0 bridgehead atoms. The number of halogens is 1. The van der Waals surface area contributed by atoms with Gasteiger partial charge in [0.25, 0.3) is 0 Å². The molecule has 2 N–H and O–H groups in total. The summed E-state index contributed by atoms with van der Waals surface area (Å²) in [6, 6.07) is 7.32. The lowest BCUT2D eigenvalue weighted by Gasteiger charge is -2.33. The van der Waals surface area contributed by atoms with Gasteiger partial charge in [0.2, 0.25) is 11.9 Å². The molecule has 0 saturated carbocycles. The highest BCUT2D eigenvalue weighted by atomic mass is 35.5. The van der Waals surface area contributed by atoms with Crippen molar-refractivity contribution in [2.75, 3.05) is 43.9 Å². The molecular weight excluding hydrogens is 340 g/mol. The van der Waals surface area contributed by atoms with Gasteiger partial charge in [0.1, 0.15) is 5.75 Å². The van der Waals surface area contributed by atoms with E-state index in [2.05, 4.69) is 31.8 Å². The molecule has 0 radical (unpaired) electrons. The summed E-state index contributed by atoms with van der Waals surface area (Å²) >= 11 is 6.20. The Kier molecular flexibility index (Phi) is 4.96. The van der Waals surface area contributed by atoms with Crippen LogP contribution in [0.2, 0.25) is 5.02 Å². The molecule has 1 aliphatic heterocycles. The predicted molar refractivity (Wildman–Crippen MR) is 99.1 cm³/mol. The second-order valence-electron chi connectivity index (χ2n) is 6.65. The first kappa shape index (κ1) is 17.7. The third-order valence-electron chi connectivity index (χ3n) is 4.17. The van der Waals surface area contributed by atoms with Gasteiger partial charge in [-0.1, -0.05) is 23.7 Å². The van der Waals surface area contributed by atoms with E-state index in [1.165, 1.54) is 0 Å². The van der Waals surface area contributed by atoms with Gasteiger partial charge in [0.05, 0.1) is 5.02 Å². The van der Waals surface area contributed by atoms with Crippen LogP contribution in [0.1, 0.15) is 19.7 Å². The van der Waals surface area contributed by atoms with Crippen LogP contribution in [0.15, 0.2) is 24.3 Å². The molecule has 1 saturated heterocycles. The molecular formula is C17H23ClN6O. The zero-order chi connectivity index (χ0) is 18.0. The molecule has 0 aliphatic carbocycles. The first-order chi connectivity index (χ1) is 11.8. The molecule has 0 amide bonds. The first-order valence-electron chi connectivity index (χ1n) is 8.24. The number of nitrogens with two attached hydrogens (primary N) is 1. The normalized spacial score (nSPS) is 16.1. The van der Waals surface area contributed by atoms with Crippen LogP contribution in [0, 0.1) is 0 Å². The predicted octanol–water partition coefficient (Wildman–Crippen LogP) is 2.17. The number of anilines is 2. The van der Waals surface area contributed by atoms with E-state index in [0.717, 1.165) is 26.2 Å². The fourth-order valence-corrected chi connectivity index (χ4v) is 2.82. The van der Waals surface area contributed by atoms with Gasteiger partial charge >= 0.3 is 0 Å². The van der Waals surface area contributed by atoms with Crippen LogP contribution in [-0.4, -0.2) is 53.1 Å². The van der Waals surface area contributed by atoms with Crippen molar-refractivity contribution in [1.82, 2.24) is 19.9 Å². The second-order valence-corrected chi connectivity index (χ2v) is 7.06. The van der Waals surface area contributed by atoms with E-state index in [9.17, 15) is 0 Å². The third kappa shape index (κ3) is 4.11. The SMILES string of the molecule is CN1CCN(c2nc(N)nc(C(C)(C)Oc3ccccc3Cl)n2)CC1. The van der Waals surface area contributed by atoms with E-state index >= 15 is 0 Å². The highest BCUT2D eigenvalue weighted by molar-refractivity contribution is 6.32. The number of rotatable bonds is 4. The zero-order valence-corrected chi connectivity index (χ0v) is 15.5. The zero-order valence-electron chi connectivity index (χ0n) is 14.7. The van der Waals surface area contributed by atoms with Crippen LogP contribution in [0.3, 0.4) is 0 Å². The van der Waals surface area contributed by atoms with E-state index in [-0.39, 0.29) is 5.95 Å². The highest BCUT2D eigenvalue weighted by Crippen LogP contribution is 2.31. The Morgan fingerprint density at radius 1 is 1.08 bits per heavy atom. The molecule has 1 aliphatic rings. The number of benzene rings is 1. The number of ether oxygens (including phenoxy) is 1. The fourth-order valence-electron chi connectivity index (χ4n) is 2.65. The van der Waals surface area contributed by atoms with Crippen molar-refractivity contribution >= 4 is 23.5 Å². The Bertz CT molecular complexity index is 746. The average Bonchev–Trinajstić information content (AvgIpc) is 2.57. The van der Waals surface area contributed by atoms with Crippen molar-refractivity contribution in [2.24, 2.45) is 0 Å². The Balaban J connectivity index is 1.87. The van der Waals surface area contributed by atoms with Crippen molar-refractivity contribution < 1.29 is 4.74 Å². The molecule has 0 atom stereocenters. The molecule has 7 nitrogen and oxygen atoms in total. The number of nitrogen functional groups attached to an aromatic ring is 1. The number of para-hydroxylation sites is 1. The van der Waals surface area contributed by atoms with Gasteiger partial charge in [0, 0.05) is 26.2 Å². The molecule has 8 heteroatoms. The van der Waals surface area contributed by atoms with Gasteiger partial charge < -0.3 is 20.3 Å². The molecule has 1 fully saturated rings. The minimum Gasteiger partial charge on any atom is -0.478 e. The van der Waals surface area contributed by atoms with Gasteiger partial charge in [-0.15, -0.1) is 0 Å². The van der Waals surface area contributed by atoms with Crippen molar-refractivity contribution in [1.29, 1.82) is 0 Å². The smallest absolute Gasteiger partial charge is 0.230 e. The molecule has 0 unspecified atom stereocenters. The van der Waals surface area contributed by atoms with Crippen molar-refractivity contribution in [3.05, 3.63) is 35.1 Å². The Morgan fingerprint density at radius 3 is 2.44 bits per heavy atom. The topological polar surface area (TPSA) is 80.4 Å². The summed E-state index contributed by atoms with van der Waals surface area (Å²) in [5, 5.41) is 0.539. The van der Waals surface area contributed by atoms with E-state index < -0.39 is 5.60 Å². The monoisotopic (exact) mass is 362 g/mol. The Labute approximate surface area is 152 Å². The minimum absolute atomic E-state index is 0.190. The molecule has 25 heavy (non-hydrogen) atoms. The fraction of sp³-hybridized carbons (Fsp3) is 0.471. The van der Waals surface area contributed by atoms with E-state index in [0.29, 0.717) is 22.5 Å². The van der Waals surface area contributed by atoms with Gasteiger partial charge in [-0.25, -0.2) is 0 Å². The maximum absolute atomic E-state index is 6.20. The van der Waals surface area contributed by atoms with Gasteiger partial charge in [-0.3, -0.25) is 0 Å². The third-order valence-corrected chi connectivity index (χ3v) is 4.48. The van der Waals surface area contributed by atoms with Crippen molar-refractivity contribution in [3.8, 4) is 5.75 Å². The van der Waals surface area contributed by atoms with Crippen molar-refractivity contribution in [3.63, 3.8) is 0 Å². The van der Waals surface area contributed by atoms with E-state index in [4.69, 9.17) is 22.1 Å². The number of hydrogen-bond donors (Lipinski definition) is 1. The summed E-state index contributed by atoms with van der Waals surface area (Å²) < 4.78 is 6.07. The van der Waals surface area contributed by atoms with Crippen LogP contribution in [0.4, 0.5) is 11.9 Å². The number of likely N-dealkylation sites (N-methyl/N-ethyl adjacent to an activating group) is 1. The van der Waals surface area contributed by atoms with Crippen LogP contribution in [0.5, 0.6) is 5.75 Å².